The molecule has 0 aliphatic carbocycles. The molecule has 0 aliphatic rings. The lowest BCUT2D eigenvalue weighted by molar-refractivity contribution is 0.531. The van der Waals surface area contributed by atoms with Crippen LogP contribution in [0.4, 0.5) is 0 Å². The van der Waals surface area contributed by atoms with Gasteiger partial charge in [-0.25, -0.2) is 0 Å². The molecule has 0 aromatic heterocycles. The van der Waals surface area contributed by atoms with Crippen molar-refractivity contribution in [2.75, 3.05) is 0 Å². The van der Waals surface area contributed by atoms with Crippen LogP contribution in [0, 0.1) is 0 Å². The van der Waals surface area contributed by atoms with Crippen LogP contribution in [-0.4, -0.2) is 0 Å². The highest BCUT2D eigenvalue weighted by Crippen LogP contribution is 2.13. The van der Waals surface area contributed by atoms with Crippen LogP contribution < -0.4 is 0 Å². The lowest BCUT2D eigenvalue weighted by Crippen LogP contribution is -1.83. The molecule has 110 valence electrons. The Morgan fingerprint density at radius 2 is 0.500 bits per heavy atom. The maximum atomic E-state index is 2.29. The highest BCUT2D eigenvalue weighted by Gasteiger charge is 1.93. The monoisotopic (exact) mass is 255 g/mol. The second-order valence-electron chi connectivity index (χ2n) is 5.95. The van der Waals surface area contributed by atoms with Crippen molar-refractivity contribution < 1.29 is 1.43 Å². The first-order chi connectivity index (χ1) is 8.91. The molecule has 0 heterocycles. The summed E-state index contributed by atoms with van der Waals surface area (Å²) in [6, 6.07) is 0. The molecule has 0 saturated carbocycles. The Morgan fingerprint density at radius 1 is 0.333 bits per heavy atom. The SMILES string of the molecule is CCCCCCCCCCCCCCCCCC.[H+]. The van der Waals surface area contributed by atoms with E-state index < -0.39 is 0 Å². The Balaban J connectivity index is 0. The van der Waals surface area contributed by atoms with E-state index >= 15 is 0 Å². The Bertz CT molecular complexity index is 118. The molecule has 0 fully saturated rings. The lowest BCUT2D eigenvalue weighted by atomic mass is 10.0. The summed E-state index contributed by atoms with van der Waals surface area (Å²) in [5, 5.41) is 0. The van der Waals surface area contributed by atoms with E-state index in [1.165, 1.54) is 103 Å². The van der Waals surface area contributed by atoms with E-state index in [-0.39, 0.29) is 1.43 Å². The van der Waals surface area contributed by atoms with Crippen LogP contribution in [0.5, 0.6) is 0 Å². The molecular weight excluding hydrogens is 216 g/mol. The van der Waals surface area contributed by atoms with E-state index in [1.807, 2.05) is 0 Å². The minimum atomic E-state index is 0. The van der Waals surface area contributed by atoms with Crippen LogP contribution in [0.3, 0.4) is 0 Å². The highest BCUT2D eigenvalue weighted by molar-refractivity contribution is 4.49. The molecule has 0 saturated heterocycles. The number of unbranched alkanes of at least 4 members (excludes halogenated alkanes) is 15. The average molecular weight is 256 g/mol. The van der Waals surface area contributed by atoms with Gasteiger partial charge in [-0.05, 0) is 0 Å². The third-order valence-electron chi connectivity index (χ3n) is 3.96. The Hall–Kier alpha value is 0. The van der Waals surface area contributed by atoms with E-state index in [4.69, 9.17) is 0 Å². The molecule has 0 atom stereocenters. The second kappa shape index (κ2) is 17.0. The first kappa shape index (κ1) is 18.0. The molecule has 18 heavy (non-hydrogen) atoms. The summed E-state index contributed by atoms with van der Waals surface area (Å²) >= 11 is 0. The van der Waals surface area contributed by atoms with Crippen LogP contribution in [0.1, 0.15) is 118 Å². The third-order valence-corrected chi connectivity index (χ3v) is 3.96. The minimum Gasteiger partial charge on any atom is -0.0654 e. The van der Waals surface area contributed by atoms with Crippen molar-refractivity contribution in [3.05, 3.63) is 0 Å². The summed E-state index contributed by atoms with van der Waals surface area (Å²) in [6.07, 6.45) is 23.4. The van der Waals surface area contributed by atoms with Crippen LogP contribution >= 0.6 is 0 Å². The van der Waals surface area contributed by atoms with Crippen molar-refractivity contribution in [2.45, 2.75) is 117 Å². The fraction of sp³-hybridized carbons (Fsp3) is 1.00. The highest BCUT2D eigenvalue weighted by atomic mass is 14.0. The lowest BCUT2D eigenvalue weighted by Gasteiger charge is -2.03. The van der Waals surface area contributed by atoms with Gasteiger partial charge in [0.2, 0.25) is 0 Å². The second-order valence-corrected chi connectivity index (χ2v) is 5.95. The van der Waals surface area contributed by atoms with Gasteiger partial charge in [-0.15, -0.1) is 0 Å². The molecule has 0 spiro atoms. The van der Waals surface area contributed by atoms with E-state index in [1.54, 1.807) is 0 Å². The third kappa shape index (κ3) is 16.0. The smallest absolute Gasteiger partial charge is 0.0654 e. The molecule has 0 N–H and O–H groups in total. The molecule has 0 heteroatoms. The van der Waals surface area contributed by atoms with Crippen LogP contribution in [0.2, 0.25) is 0 Å². The van der Waals surface area contributed by atoms with Gasteiger partial charge in [0.1, 0.15) is 0 Å². The van der Waals surface area contributed by atoms with Crippen LogP contribution in [0.15, 0.2) is 0 Å². The zero-order valence-electron chi connectivity index (χ0n) is 14.3. The van der Waals surface area contributed by atoms with Crippen molar-refractivity contribution in [1.82, 2.24) is 0 Å². The summed E-state index contributed by atoms with van der Waals surface area (Å²) in [5.41, 5.74) is 0. The minimum absolute atomic E-state index is 0. The average Bonchev–Trinajstić information content (AvgIpc) is 2.39. The maximum absolute atomic E-state index is 2.29. The summed E-state index contributed by atoms with van der Waals surface area (Å²) in [6.45, 7) is 4.59. The first-order valence-electron chi connectivity index (χ1n) is 8.91. The van der Waals surface area contributed by atoms with Crippen molar-refractivity contribution in [3.8, 4) is 0 Å². The maximum Gasteiger partial charge on any atom is 1.00 e. The summed E-state index contributed by atoms with van der Waals surface area (Å²) in [5.74, 6) is 0. The van der Waals surface area contributed by atoms with E-state index in [9.17, 15) is 0 Å². The molecule has 0 radical (unpaired) electrons. The van der Waals surface area contributed by atoms with E-state index in [2.05, 4.69) is 13.8 Å². The largest absolute Gasteiger partial charge is 1.00 e. The van der Waals surface area contributed by atoms with Crippen LogP contribution in [0.25, 0.3) is 0 Å². The normalized spacial score (nSPS) is 11.0. The summed E-state index contributed by atoms with van der Waals surface area (Å²) in [7, 11) is 0. The topological polar surface area (TPSA) is 0 Å². The number of hydrogen-bond donors (Lipinski definition) is 0. The molecule has 0 nitrogen and oxygen atoms in total. The van der Waals surface area contributed by atoms with Gasteiger partial charge >= 0.3 is 1.43 Å². The van der Waals surface area contributed by atoms with Crippen LogP contribution in [-0.2, 0) is 0 Å². The predicted molar refractivity (Wildman–Crippen MR) is 86.3 cm³/mol. The zero-order chi connectivity index (χ0) is 13.3. The van der Waals surface area contributed by atoms with E-state index in [0.29, 0.717) is 0 Å². The van der Waals surface area contributed by atoms with Gasteiger partial charge in [0.05, 0.1) is 0 Å². The predicted octanol–water partition coefficient (Wildman–Crippen LogP) is 7.38. The van der Waals surface area contributed by atoms with Crippen molar-refractivity contribution in [1.29, 1.82) is 0 Å². The van der Waals surface area contributed by atoms with E-state index in [0.717, 1.165) is 0 Å². The van der Waals surface area contributed by atoms with Gasteiger partial charge in [0, 0.05) is 0 Å². The van der Waals surface area contributed by atoms with Gasteiger partial charge < -0.3 is 0 Å². The molecule has 0 unspecified atom stereocenters. The molecule has 0 aromatic rings. The van der Waals surface area contributed by atoms with Crippen molar-refractivity contribution in [2.24, 2.45) is 0 Å². The Labute approximate surface area is 118 Å². The summed E-state index contributed by atoms with van der Waals surface area (Å²) in [4.78, 5) is 0. The van der Waals surface area contributed by atoms with Gasteiger partial charge in [0.25, 0.3) is 0 Å². The first-order valence-corrected chi connectivity index (χ1v) is 8.91. The van der Waals surface area contributed by atoms with Crippen molar-refractivity contribution >= 4 is 0 Å². The van der Waals surface area contributed by atoms with Crippen molar-refractivity contribution in [3.63, 3.8) is 0 Å². The molecule has 0 amide bonds. The van der Waals surface area contributed by atoms with Gasteiger partial charge in [0.15, 0.2) is 0 Å². The molecule has 0 aliphatic heterocycles. The standard InChI is InChI=1S/C18H38/c1-3-5-7-9-11-13-15-17-18-16-14-12-10-8-6-4-2/h3-18H2,1-2H3/p+1. The quantitative estimate of drug-likeness (QED) is 0.268. The molecule has 0 aromatic carbocycles. The molecular formula is C18H39+. The van der Waals surface area contributed by atoms with Gasteiger partial charge in [-0.3, -0.25) is 0 Å². The van der Waals surface area contributed by atoms with Gasteiger partial charge in [-0.2, -0.15) is 0 Å². The molecule has 0 bridgehead atoms. The summed E-state index contributed by atoms with van der Waals surface area (Å²) < 4.78 is 0. The zero-order valence-corrected chi connectivity index (χ0v) is 13.3. The Morgan fingerprint density at radius 3 is 0.667 bits per heavy atom. The number of rotatable bonds is 15. The number of hydrogen-bond acceptors (Lipinski definition) is 0. The fourth-order valence-electron chi connectivity index (χ4n) is 2.62. The Kier molecular flexibility index (Phi) is 17.0. The fourth-order valence-corrected chi connectivity index (χ4v) is 2.62. The molecule has 0 rings (SSSR count). The van der Waals surface area contributed by atoms with Gasteiger partial charge in [-0.1, -0.05) is 117 Å².